The number of alkyl halides is 4. The van der Waals surface area contributed by atoms with E-state index in [1.807, 2.05) is 0 Å². The fourth-order valence-corrected chi connectivity index (χ4v) is 2.68. The van der Waals surface area contributed by atoms with E-state index in [2.05, 4.69) is 20.7 Å². The van der Waals surface area contributed by atoms with Crippen molar-refractivity contribution in [3.63, 3.8) is 0 Å². The zero-order chi connectivity index (χ0) is 13.6. The van der Waals surface area contributed by atoms with E-state index in [4.69, 9.17) is 0 Å². The summed E-state index contributed by atoms with van der Waals surface area (Å²) >= 11 is 3.34. The van der Waals surface area contributed by atoms with Gasteiger partial charge in [0.15, 0.2) is 0 Å². The van der Waals surface area contributed by atoms with E-state index in [1.54, 1.807) is 4.90 Å². The molecule has 0 aromatic rings. The van der Waals surface area contributed by atoms with Crippen molar-refractivity contribution in [2.75, 3.05) is 25.1 Å². The van der Waals surface area contributed by atoms with E-state index < -0.39 is 19.4 Å². The van der Waals surface area contributed by atoms with Gasteiger partial charge < -0.3 is 9.64 Å². The molecule has 0 aromatic carbocycles. The zero-order valence-electron chi connectivity index (χ0n) is 10.0. The highest BCUT2D eigenvalue weighted by molar-refractivity contribution is 9.09. The first-order valence-electron chi connectivity index (χ1n) is 5.94. The Kier molecular flexibility index (Phi) is 6.42. The third-order valence-corrected chi connectivity index (χ3v) is 3.61. The monoisotopic (exact) mass is 331 g/mol. The molecule has 1 rings (SSSR count). The Balaban J connectivity index is 2.42. The molecular weight excluding hydrogens is 315 g/mol. The summed E-state index contributed by atoms with van der Waals surface area (Å²) in [5, 5.41) is 0.651. The first kappa shape index (κ1) is 15.8. The van der Waals surface area contributed by atoms with Crippen LogP contribution in [0.5, 0.6) is 0 Å². The Morgan fingerprint density at radius 1 is 1.33 bits per heavy atom. The normalized spacial score (nSPS) is 21.8. The highest BCUT2D eigenvalue weighted by atomic mass is 79.9. The summed E-state index contributed by atoms with van der Waals surface area (Å²) in [7, 11) is 0. The van der Waals surface area contributed by atoms with Gasteiger partial charge in [-0.3, -0.25) is 4.79 Å². The Morgan fingerprint density at radius 2 is 2.06 bits per heavy atom. The molecule has 0 aromatic heterocycles. The van der Waals surface area contributed by atoms with E-state index in [9.17, 15) is 18.0 Å². The van der Waals surface area contributed by atoms with Crippen molar-refractivity contribution in [1.29, 1.82) is 0 Å². The average molecular weight is 332 g/mol. The van der Waals surface area contributed by atoms with E-state index in [0.717, 1.165) is 25.7 Å². The summed E-state index contributed by atoms with van der Waals surface area (Å²) in [6.07, 6.45) is -0.501. The maximum absolute atomic E-state index is 11.9. The van der Waals surface area contributed by atoms with Crippen LogP contribution in [0.3, 0.4) is 0 Å². The minimum absolute atomic E-state index is 0.0643. The van der Waals surface area contributed by atoms with Crippen LogP contribution < -0.4 is 0 Å². The Labute approximate surface area is 113 Å². The van der Waals surface area contributed by atoms with Gasteiger partial charge in [-0.05, 0) is 12.8 Å². The zero-order valence-corrected chi connectivity index (χ0v) is 11.6. The molecule has 1 amide bonds. The van der Waals surface area contributed by atoms with Crippen LogP contribution in [-0.2, 0) is 9.53 Å². The van der Waals surface area contributed by atoms with E-state index in [0.29, 0.717) is 11.9 Å². The Morgan fingerprint density at radius 3 is 2.67 bits per heavy atom. The third-order valence-electron chi connectivity index (χ3n) is 2.87. The number of halogens is 4. The summed E-state index contributed by atoms with van der Waals surface area (Å²) < 4.78 is 40.1. The molecule has 1 saturated heterocycles. The van der Waals surface area contributed by atoms with Gasteiger partial charge in [-0.2, -0.15) is 13.2 Å². The summed E-state index contributed by atoms with van der Waals surface area (Å²) in [5.41, 5.74) is 0. The van der Waals surface area contributed by atoms with Crippen LogP contribution >= 0.6 is 15.9 Å². The van der Waals surface area contributed by atoms with Crippen molar-refractivity contribution in [3.8, 4) is 0 Å². The van der Waals surface area contributed by atoms with Gasteiger partial charge in [0.2, 0.25) is 5.91 Å². The molecule has 1 atom stereocenters. The second-order valence-electron chi connectivity index (χ2n) is 4.35. The Hall–Kier alpha value is -0.300. The molecule has 18 heavy (non-hydrogen) atoms. The lowest BCUT2D eigenvalue weighted by atomic mass is 10.1. The smallest absolute Gasteiger partial charge is 0.362 e. The second kappa shape index (κ2) is 7.33. The second-order valence-corrected chi connectivity index (χ2v) is 5.00. The number of hydrogen-bond donors (Lipinski definition) is 0. The predicted molar refractivity (Wildman–Crippen MR) is 64.6 cm³/mol. The summed E-state index contributed by atoms with van der Waals surface area (Å²) in [6, 6.07) is 0.0643. The molecule has 0 aliphatic carbocycles. The Bertz CT molecular complexity index is 274. The van der Waals surface area contributed by atoms with Gasteiger partial charge in [0.1, 0.15) is 13.2 Å². The average Bonchev–Trinajstić information content (AvgIpc) is 2.51. The molecule has 0 radical (unpaired) electrons. The third kappa shape index (κ3) is 5.56. The minimum Gasteiger partial charge on any atom is -0.362 e. The predicted octanol–water partition coefficient (Wildman–Crippen LogP) is 2.73. The van der Waals surface area contributed by atoms with Crippen molar-refractivity contribution in [3.05, 3.63) is 0 Å². The molecule has 1 fully saturated rings. The first-order chi connectivity index (χ1) is 8.44. The van der Waals surface area contributed by atoms with Crippen molar-refractivity contribution >= 4 is 21.8 Å². The molecule has 106 valence electrons. The molecule has 3 nitrogen and oxygen atoms in total. The maximum atomic E-state index is 11.9. The van der Waals surface area contributed by atoms with Crippen LogP contribution in [0.25, 0.3) is 0 Å². The molecule has 1 aliphatic rings. The van der Waals surface area contributed by atoms with Crippen molar-refractivity contribution in [2.45, 2.75) is 37.9 Å². The van der Waals surface area contributed by atoms with E-state index >= 15 is 0 Å². The first-order valence-corrected chi connectivity index (χ1v) is 7.06. The van der Waals surface area contributed by atoms with Gasteiger partial charge in [-0.1, -0.05) is 28.8 Å². The molecular formula is C11H17BrF3NO2. The molecule has 1 unspecified atom stereocenters. The quantitative estimate of drug-likeness (QED) is 0.741. The van der Waals surface area contributed by atoms with Crippen molar-refractivity contribution in [2.24, 2.45) is 0 Å². The van der Waals surface area contributed by atoms with Crippen LogP contribution in [0.15, 0.2) is 0 Å². The molecule has 0 spiro atoms. The highest BCUT2D eigenvalue weighted by Gasteiger charge is 2.29. The molecule has 7 heteroatoms. The van der Waals surface area contributed by atoms with Gasteiger partial charge in [0.05, 0.1) is 0 Å². The summed E-state index contributed by atoms with van der Waals surface area (Å²) in [4.78, 5) is 13.5. The number of carbonyl (C=O) groups excluding carboxylic acids is 1. The number of carbonyl (C=O) groups is 1. The molecule has 1 heterocycles. The largest absolute Gasteiger partial charge is 0.411 e. The molecule has 1 aliphatic heterocycles. The molecule has 0 N–H and O–H groups in total. The maximum Gasteiger partial charge on any atom is 0.411 e. The van der Waals surface area contributed by atoms with Crippen LogP contribution in [0.2, 0.25) is 0 Å². The lowest BCUT2D eigenvalue weighted by Gasteiger charge is -2.28. The lowest BCUT2D eigenvalue weighted by Crippen LogP contribution is -2.43. The summed E-state index contributed by atoms with van der Waals surface area (Å²) in [5.74, 6) is -0.356. The highest BCUT2D eigenvalue weighted by Crippen LogP contribution is 2.19. The van der Waals surface area contributed by atoms with Crippen LogP contribution in [0, 0.1) is 0 Å². The standard InChI is InChI=1S/C11H17BrF3NO2/c12-6-9-4-2-1-3-5-16(9)10(17)7-18-8-11(13,14)15/h9H,1-8H2. The van der Waals surface area contributed by atoms with E-state index in [1.165, 1.54) is 0 Å². The number of ether oxygens (including phenoxy) is 1. The summed E-state index contributed by atoms with van der Waals surface area (Å²) in [6.45, 7) is -1.26. The van der Waals surface area contributed by atoms with Crippen molar-refractivity contribution in [1.82, 2.24) is 4.90 Å². The van der Waals surface area contributed by atoms with Gasteiger partial charge >= 0.3 is 6.18 Å². The van der Waals surface area contributed by atoms with Crippen LogP contribution in [-0.4, -0.2) is 48.1 Å². The van der Waals surface area contributed by atoms with Gasteiger partial charge in [-0.15, -0.1) is 0 Å². The SMILES string of the molecule is O=C(COCC(F)(F)F)N1CCCCCC1CBr. The van der Waals surface area contributed by atoms with Crippen molar-refractivity contribution < 1.29 is 22.7 Å². The minimum atomic E-state index is -4.38. The number of nitrogens with zero attached hydrogens (tertiary/aromatic N) is 1. The number of rotatable bonds is 4. The van der Waals surface area contributed by atoms with Crippen LogP contribution in [0.1, 0.15) is 25.7 Å². The molecule has 0 saturated carbocycles. The van der Waals surface area contributed by atoms with Crippen LogP contribution in [0.4, 0.5) is 13.2 Å². The number of likely N-dealkylation sites (tertiary alicyclic amines) is 1. The number of amides is 1. The number of hydrogen-bond acceptors (Lipinski definition) is 2. The van der Waals surface area contributed by atoms with Gasteiger partial charge in [0, 0.05) is 17.9 Å². The lowest BCUT2D eigenvalue weighted by molar-refractivity contribution is -0.178. The topological polar surface area (TPSA) is 29.5 Å². The fraction of sp³-hybridized carbons (Fsp3) is 0.909. The van der Waals surface area contributed by atoms with Gasteiger partial charge in [0.25, 0.3) is 0 Å². The fourth-order valence-electron chi connectivity index (χ4n) is 2.00. The molecule has 0 bridgehead atoms. The van der Waals surface area contributed by atoms with E-state index in [-0.39, 0.29) is 11.9 Å². The van der Waals surface area contributed by atoms with Gasteiger partial charge in [-0.25, -0.2) is 0 Å².